The summed E-state index contributed by atoms with van der Waals surface area (Å²) in [5.74, 6) is 0.307. The highest BCUT2D eigenvalue weighted by Gasteiger charge is 2.25. The van der Waals surface area contributed by atoms with Crippen molar-refractivity contribution in [2.75, 3.05) is 0 Å². The van der Waals surface area contributed by atoms with Gasteiger partial charge in [-0.3, -0.25) is 19.9 Å². The number of aromatic nitrogens is 20. The largest absolute Gasteiger partial charge is 0.384 e. The molecule has 12 aromatic heterocycles. The van der Waals surface area contributed by atoms with Crippen molar-refractivity contribution >= 4 is 23.1 Å². The molecule has 0 radical (unpaired) electrons. The van der Waals surface area contributed by atoms with Gasteiger partial charge in [0.25, 0.3) is 23.1 Å². The number of hydrogen-bond donors (Lipinski definition) is 2. The molecule has 16 aromatic rings. The number of nitrogens with zero attached hydrogens (tertiary/aromatic N) is 20. The van der Waals surface area contributed by atoms with Gasteiger partial charge in [0.1, 0.15) is 22.8 Å². The highest BCUT2D eigenvalue weighted by atomic mass is 19.1. The van der Waals surface area contributed by atoms with Gasteiger partial charge >= 0.3 is 0 Å². The van der Waals surface area contributed by atoms with E-state index in [4.69, 9.17) is 16.4 Å². The lowest BCUT2D eigenvalue weighted by Gasteiger charge is -2.16. The van der Waals surface area contributed by atoms with E-state index in [1.807, 2.05) is 107 Å². The van der Waals surface area contributed by atoms with Crippen LogP contribution in [0, 0.1) is 53.2 Å². The summed E-state index contributed by atoms with van der Waals surface area (Å²) in [7, 11) is 0. The number of hydrogen-bond acceptors (Lipinski definition) is 18. The summed E-state index contributed by atoms with van der Waals surface area (Å²) in [6.07, 6.45) is 25.0. The molecule has 2 atom stereocenters. The van der Waals surface area contributed by atoms with Crippen LogP contribution in [0.1, 0.15) is 142 Å². The van der Waals surface area contributed by atoms with Crippen molar-refractivity contribution in [3.63, 3.8) is 0 Å². The Morgan fingerprint density at radius 2 is 0.565 bits per heavy atom. The molecule has 16 rings (SSSR count). The van der Waals surface area contributed by atoms with E-state index in [0.29, 0.717) is 56.7 Å². The van der Waals surface area contributed by atoms with Crippen LogP contribution < -0.4 is 0 Å². The van der Waals surface area contributed by atoms with Gasteiger partial charge < -0.3 is 10.2 Å². The number of aryl methyl sites for hydroxylation is 6. The zero-order valence-corrected chi connectivity index (χ0v) is 61.1. The zero-order valence-electron chi connectivity index (χ0n) is 73.1. The van der Waals surface area contributed by atoms with Gasteiger partial charge in [-0.05, 0) is 173 Å². The van der Waals surface area contributed by atoms with Gasteiger partial charge in [-0.25, -0.2) is 48.7 Å². The monoisotopic (exact) mass is 1450 g/mol. The predicted molar refractivity (Wildman–Crippen MR) is 414 cm³/mol. The van der Waals surface area contributed by atoms with Crippen LogP contribution in [-0.4, -0.2) is 108 Å². The quantitative estimate of drug-likeness (QED) is 0.129. The summed E-state index contributed by atoms with van der Waals surface area (Å²) in [6, 6.07) is 30.0. The first-order chi connectivity index (χ1) is 56.4. The second kappa shape index (κ2) is 29.4. The third kappa shape index (κ3) is 15.4. The lowest BCUT2D eigenvalue weighted by molar-refractivity contribution is 0.0729. The van der Waals surface area contributed by atoms with Gasteiger partial charge in [0.15, 0.2) is 0 Å². The molecule has 0 saturated heterocycles. The Morgan fingerprint density at radius 3 is 0.843 bits per heavy atom. The minimum Gasteiger partial charge on any atom is -0.384 e. The normalized spacial score (nSPS) is 14.9. The Bertz CT molecular complexity index is 5770. The van der Waals surface area contributed by atoms with Gasteiger partial charge in [0.2, 0.25) is 0 Å². The summed E-state index contributed by atoms with van der Waals surface area (Å²) >= 11 is 0. The van der Waals surface area contributed by atoms with Crippen LogP contribution in [0.25, 0.3) is 113 Å². The number of benzene rings is 4. The second-order valence-electron chi connectivity index (χ2n) is 27.6. The van der Waals surface area contributed by atoms with Gasteiger partial charge in [-0.2, -0.15) is 38.5 Å². The molecule has 4 aromatic carbocycles. The molecule has 2 unspecified atom stereocenters. The molecule has 12 heterocycles. The highest BCUT2D eigenvalue weighted by molar-refractivity contribution is 5.79. The Hall–Kier alpha value is -12.5. The molecule has 2 N–H and O–H groups in total. The third-order valence-electron chi connectivity index (χ3n) is 18.1. The molecule has 0 fully saturated rings. The molecule has 0 aliphatic carbocycles. The van der Waals surface area contributed by atoms with Crippen LogP contribution in [0.3, 0.4) is 0 Å². The maximum Gasteiger partial charge on any atom is 0.251 e. The number of imidazole rings is 4. The van der Waals surface area contributed by atoms with Gasteiger partial charge in [0.05, 0.1) is 95.1 Å². The molecule has 0 saturated carbocycles. The Balaban J connectivity index is 0.000000138. The van der Waals surface area contributed by atoms with Crippen molar-refractivity contribution < 1.29 is 35.4 Å². The average molecular weight is 1450 g/mol. The first-order valence-electron chi connectivity index (χ1n) is 40.1. The molecular formula is C84H82F2N20O2. The zero-order chi connectivity index (χ0) is 86.7. The van der Waals surface area contributed by atoms with E-state index in [-0.39, 0.29) is 34.6 Å². The lowest BCUT2D eigenvalue weighted by atomic mass is 9.93. The maximum absolute atomic E-state index is 14.3. The van der Waals surface area contributed by atoms with E-state index in [0.717, 1.165) is 89.1 Å². The molecule has 0 aliphatic rings. The number of halogens is 2. The van der Waals surface area contributed by atoms with E-state index < -0.39 is 49.4 Å². The number of aliphatic hydroxyl groups is 2. The third-order valence-corrected chi connectivity index (χ3v) is 18.1. The molecule has 0 bridgehead atoms. The van der Waals surface area contributed by atoms with Crippen LogP contribution in [-0.2, 0) is 22.0 Å². The van der Waals surface area contributed by atoms with Crippen LogP contribution in [0.4, 0.5) is 8.78 Å². The molecule has 0 amide bonds. The number of pyridine rings is 4. The SMILES string of the molecule is [2H]C([2H])([2H])C(C)(C)c1cnn2c(-c3ccc(C)c(-c4cnccc4C)c3)cnc2n1.[2H]C([2H])([2H])C(C)(C)c1cnn2c(-c3ccc(C)c(-c4cnccc4F)c3)cnc2n1.[2H]C([2H])([2H])C(C)(O)c1cnn2c(-c3ccc(C)c(-c4cnccc4C)c3)cnc2n1.[2H]C([2H])([2H])C(C)(O)c1cnn2c(-c3ccc(C)c(-c4cnccc4F)c3)cnc2n1. The predicted octanol–water partition coefficient (Wildman–Crippen LogP) is 16.6. The molecule has 544 valence electrons. The smallest absolute Gasteiger partial charge is 0.251 e. The van der Waals surface area contributed by atoms with Crippen molar-refractivity contribution in [1.29, 1.82) is 0 Å². The van der Waals surface area contributed by atoms with Crippen LogP contribution >= 0.6 is 0 Å². The van der Waals surface area contributed by atoms with Crippen molar-refractivity contribution in [3.05, 3.63) is 264 Å². The summed E-state index contributed by atoms with van der Waals surface area (Å²) in [5.41, 5.74) is 12.9. The number of fused-ring (bicyclic) bond motifs is 4. The standard InChI is InChI=1S/C22H23N5.C21H20FN5.C21H21N5O.C20H18FN5O/c1-14-6-7-16(10-17(14)18-11-23-9-8-15(18)2)19-12-24-21-26-20(22(3,4)5)13-25-27(19)21;1-13-5-6-14(9-15(13)16-10-23-8-7-17(16)22)18-11-24-20-26-19(21(2,3)4)12-25-27(18)20;1-13-5-6-15(9-16(13)17-10-22-8-7-14(17)2)18-11-23-20-25-19(21(3,4)27)12-24-26(18)20;1-12-4-5-13(8-14(12)15-9-22-7-6-16(15)21)17-10-23-19-25-18(20(2,3)27)11-24-26(17)19/h6-13H,1-5H3;5-12H,1-4H3;5-12,27H,1-4H3;4-11,27H,1-3H3/i3D3;2D3;3D3;2D3. The fourth-order valence-corrected chi connectivity index (χ4v) is 11.9. The molecule has 0 spiro atoms. The molecule has 108 heavy (non-hydrogen) atoms. The van der Waals surface area contributed by atoms with Crippen LogP contribution in [0.15, 0.2) is 196 Å². The van der Waals surface area contributed by atoms with E-state index >= 15 is 0 Å². The second-order valence-corrected chi connectivity index (χ2v) is 27.6. The first kappa shape index (κ1) is 59.7. The van der Waals surface area contributed by atoms with Crippen LogP contribution in [0.5, 0.6) is 0 Å². The van der Waals surface area contributed by atoms with Gasteiger partial charge in [-0.1, -0.05) is 89.9 Å². The Kier molecular flexibility index (Phi) is 16.3. The Morgan fingerprint density at radius 1 is 0.306 bits per heavy atom. The number of rotatable bonds is 10. The van der Waals surface area contributed by atoms with Crippen molar-refractivity contribution in [1.82, 2.24) is 98.3 Å². The van der Waals surface area contributed by atoms with E-state index in [1.165, 1.54) is 90.8 Å². The highest BCUT2D eigenvalue weighted by Crippen LogP contribution is 2.37. The van der Waals surface area contributed by atoms with E-state index in [2.05, 4.69) is 112 Å². The van der Waals surface area contributed by atoms with Gasteiger partial charge in [-0.15, -0.1) is 0 Å². The fraction of sp³-hybridized carbons (Fsp3) is 0.238. The summed E-state index contributed by atoms with van der Waals surface area (Å²) in [6.45, 7) is 11.2. The molecule has 24 heteroatoms. The van der Waals surface area contributed by atoms with Crippen molar-refractivity contribution in [2.24, 2.45) is 0 Å². The van der Waals surface area contributed by atoms with Crippen LogP contribution in [0.2, 0.25) is 0 Å². The summed E-state index contributed by atoms with van der Waals surface area (Å²) in [4.78, 5) is 51.1. The Labute approximate surface area is 640 Å². The van der Waals surface area contributed by atoms with Crippen molar-refractivity contribution in [2.45, 2.75) is 133 Å². The average Bonchev–Trinajstić information content (AvgIpc) is 1.58. The topological polar surface area (TPSA) is 264 Å². The van der Waals surface area contributed by atoms with E-state index in [1.54, 1.807) is 67.7 Å². The molecular weight excluding hydrogens is 1360 g/mol. The lowest BCUT2D eigenvalue weighted by Crippen LogP contribution is -2.19. The first-order valence-corrected chi connectivity index (χ1v) is 34.1. The minimum atomic E-state index is -2.67. The van der Waals surface area contributed by atoms with E-state index in [9.17, 15) is 19.0 Å². The minimum absolute atomic E-state index is 0.0530. The van der Waals surface area contributed by atoms with Crippen molar-refractivity contribution in [3.8, 4) is 89.5 Å². The molecule has 22 nitrogen and oxygen atoms in total. The molecule has 0 aliphatic heterocycles. The fourth-order valence-electron chi connectivity index (χ4n) is 11.9. The van der Waals surface area contributed by atoms with Gasteiger partial charge in [0, 0.05) is 121 Å². The summed E-state index contributed by atoms with van der Waals surface area (Å²) < 4.78 is 127. The maximum atomic E-state index is 14.3. The summed E-state index contributed by atoms with van der Waals surface area (Å²) in [5, 5.41) is 38.2.